The molecule has 9 aromatic carbocycles. The van der Waals surface area contributed by atoms with Gasteiger partial charge in [0.25, 0.3) is 0 Å². The molecular formula is C73H78FNO3. The molecule has 0 saturated heterocycles. The third-order valence-electron chi connectivity index (χ3n) is 16.3. The number of quaternary nitrogens is 1. The second kappa shape index (κ2) is 25.9. The van der Waals surface area contributed by atoms with E-state index in [4.69, 9.17) is 0 Å². The second-order valence-corrected chi connectivity index (χ2v) is 21.2. The summed E-state index contributed by atoms with van der Waals surface area (Å²) in [7, 11) is 0. The Bertz CT molecular complexity index is 2820. The van der Waals surface area contributed by atoms with Crippen molar-refractivity contribution in [3.05, 3.63) is 287 Å². The molecule has 0 amide bonds. The van der Waals surface area contributed by atoms with E-state index in [9.17, 15) is 15.3 Å². The maximum absolute atomic E-state index is 11.5. The molecule has 3 N–H and O–H groups in total. The van der Waals surface area contributed by atoms with E-state index in [-0.39, 0.29) is 4.70 Å². The van der Waals surface area contributed by atoms with Crippen molar-refractivity contribution < 1.29 is 24.5 Å². The fraction of sp³-hybridized carbons (Fsp3) is 0.260. The predicted octanol–water partition coefficient (Wildman–Crippen LogP) is 13.9. The number of fused-ring (bicyclic) bond motifs is 9. The number of halogens is 1. The standard InChI is InChI=1S/3C19H14O.C16H36N.FH/c3*20-19(14-8-2-1-3-9-14)17-12-6-4-10-15(17)16-11-5-7-13-18(16)19;1-5-9-13-17(14-10-6-2,15-11-7-3)16-12-8-4;/h3*1-13,20H;5-16H2,1-4H3;1H/q;;;+1;/p-1. The highest BCUT2D eigenvalue weighted by molar-refractivity contribution is 5.84. The molecule has 3 aliphatic rings. The van der Waals surface area contributed by atoms with Gasteiger partial charge in [0.15, 0.2) is 0 Å². The molecule has 0 aromatic heterocycles. The molecule has 0 spiro atoms. The van der Waals surface area contributed by atoms with Gasteiger partial charge in [0.1, 0.15) is 16.8 Å². The van der Waals surface area contributed by atoms with E-state index in [2.05, 4.69) is 64.1 Å². The zero-order chi connectivity index (χ0) is 53.7. The van der Waals surface area contributed by atoms with Crippen molar-refractivity contribution in [1.82, 2.24) is 0 Å². The zero-order valence-electron chi connectivity index (χ0n) is 46.2. The van der Waals surface area contributed by atoms with Crippen LogP contribution in [0.2, 0.25) is 0 Å². The number of hydrogen-bond acceptors (Lipinski definition) is 3. The van der Waals surface area contributed by atoms with Crippen LogP contribution < -0.4 is 4.70 Å². The van der Waals surface area contributed by atoms with Gasteiger partial charge in [0.2, 0.25) is 0 Å². The molecule has 3 aliphatic carbocycles. The number of nitrogens with zero attached hydrogens (tertiary/aromatic N) is 1. The molecule has 0 aliphatic heterocycles. The Morgan fingerprint density at radius 2 is 0.423 bits per heavy atom. The summed E-state index contributed by atoms with van der Waals surface area (Å²) >= 11 is 0. The second-order valence-electron chi connectivity index (χ2n) is 21.2. The van der Waals surface area contributed by atoms with Gasteiger partial charge in [-0.05, 0) is 75.8 Å². The Morgan fingerprint density at radius 1 is 0.256 bits per heavy atom. The van der Waals surface area contributed by atoms with E-state index in [0.29, 0.717) is 0 Å². The minimum Gasteiger partial charge on any atom is -1.00 e. The smallest absolute Gasteiger partial charge is 0.141 e. The maximum Gasteiger partial charge on any atom is 0.141 e. The van der Waals surface area contributed by atoms with Gasteiger partial charge in [-0.2, -0.15) is 0 Å². The van der Waals surface area contributed by atoms with Crippen molar-refractivity contribution >= 4 is 0 Å². The van der Waals surface area contributed by atoms with Gasteiger partial charge in [0.05, 0.1) is 26.2 Å². The van der Waals surface area contributed by atoms with Gasteiger partial charge in [-0.1, -0.05) is 290 Å². The van der Waals surface area contributed by atoms with Gasteiger partial charge < -0.3 is 24.5 Å². The lowest BCUT2D eigenvalue weighted by atomic mass is 9.84. The Balaban J connectivity index is 0.000000137. The van der Waals surface area contributed by atoms with E-state index in [1.54, 1.807) is 0 Å². The molecule has 0 heterocycles. The number of benzene rings is 9. The van der Waals surface area contributed by atoms with Gasteiger partial charge in [-0.3, -0.25) is 0 Å². The molecule has 0 fully saturated rings. The summed E-state index contributed by atoms with van der Waals surface area (Å²) in [5, 5.41) is 34.4. The lowest BCUT2D eigenvalue weighted by Crippen LogP contribution is -3.00. The van der Waals surface area contributed by atoms with E-state index in [1.807, 2.05) is 200 Å². The zero-order valence-corrected chi connectivity index (χ0v) is 46.2. The maximum atomic E-state index is 11.5. The molecule has 0 unspecified atom stereocenters. The molecule has 78 heavy (non-hydrogen) atoms. The molecule has 5 heteroatoms. The van der Waals surface area contributed by atoms with Gasteiger partial charge >= 0.3 is 0 Å². The van der Waals surface area contributed by atoms with Crippen molar-refractivity contribution in [3.63, 3.8) is 0 Å². The van der Waals surface area contributed by atoms with Crippen LogP contribution in [0.5, 0.6) is 0 Å². The van der Waals surface area contributed by atoms with Crippen molar-refractivity contribution in [1.29, 1.82) is 0 Å². The van der Waals surface area contributed by atoms with E-state index in [0.717, 1.165) is 83.5 Å². The molecule has 0 atom stereocenters. The van der Waals surface area contributed by atoms with Crippen molar-refractivity contribution in [2.45, 2.75) is 95.9 Å². The first-order valence-electron chi connectivity index (χ1n) is 28.5. The monoisotopic (exact) mass is 1040 g/mol. The van der Waals surface area contributed by atoms with Crippen LogP contribution in [0, 0.1) is 0 Å². The van der Waals surface area contributed by atoms with Gasteiger partial charge in [-0.25, -0.2) is 0 Å². The number of aliphatic hydroxyl groups is 3. The Hall–Kier alpha value is -7.25. The molecule has 0 radical (unpaired) electrons. The van der Waals surface area contributed by atoms with Crippen LogP contribution in [0.3, 0.4) is 0 Å². The minimum absolute atomic E-state index is 0. The average Bonchev–Trinajstić information content (AvgIpc) is 4.28. The Kier molecular flexibility index (Phi) is 18.9. The molecule has 0 saturated carbocycles. The highest BCUT2D eigenvalue weighted by Gasteiger charge is 2.45. The fourth-order valence-electron chi connectivity index (χ4n) is 12.3. The highest BCUT2D eigenvalue weighted by Crippen LogP contribution is 2.53. The summed E-state index contributed by atoms with van der Waals surface area (Å²) in [6.07, 6.45) is 11.1. The summed E-state index contributed by atoms with van der Waals surface area (Å²) in [6.45, 7) is 15.0. The summed E-state index contributed by atoms with van der Waals surface area (Å²) in [4.78, 5) is 0. The summed E-state index contributed by atoms with van der Waals surface area (Å²) in [5.41, 5.74) is 12.1. The molecule has 400 valence electrons. The molecular weight excluding hydrogens is 958 g/mol. The number of unbranched alkanes of at least 4 members (excludes halogenated alkanes) is 4. The Labute approximate surface area is 464 Å². The first-order valence-corrected chi connectivity index (χ1v) is 28.5. The van der Waals surface area contributed by atoms with Crippen LogP contribution in [-0.2, 0) is 16.8 Å². The van der Waals surface area contributed by atoms with Crippen molar-refractivity contribution in [2.75, 3.05) is 26.2 Å². The summed E-state index contributed by atoms with van der Waals surface area (Å²) in [5.74, 6) is 0. The van der Waals surface area contributed by atoms with Crippen LogP contribution in [0.15, 0.2) is 237 Å². The van der Waals surface area contributed by atoms with Crippen molar-refractivity contribution in [2.24, 2.45) is 0 Å². The van der Waals surface area contributed by atoms with Gasteiger partial charge in [0, 0.05) is 33.4 Å². The highest BCUT2D eigenvalue weighted by atomic mass is 19.0. The first kappa shape index (κ1) is 56.9. The minimum atomic E-state index is -1.05. The van der Waals surface area contributed by atoms with Crippen LogP contribution in [-0.4, -0.2) is 46.0 Å². The fourth-order valence-corrected chi connectivity index (χ4v) is 12.3. The largest absolute Gasteiger partial charge is 1.00 e. The third-order valence-corrected chi connectivity index (χ3v) is 16.3. The third kappa shape index (κ3) is 11.1. The van der Waals surface area contributed by atoms with Crippen LogP contribution in [0.4, 0.5) is 0 Å². The SMILES string of the molecule is CCCC[N+](CCCC)(CCCC)CCCC.OC1(c2ccccc2)c2ccccc2-c2ccccc21.OC1(c2ccccc2)c2ccccc2-c2ccccc21.OC1(c2ccccc2)c2ccccc2-c2ccccc21.[F-]. The van der Waals surface area contributed by atoms with E-state index in [1.165, 1.54) is 82.0 Å². The van der Waals surface area contributed by atoms with Crippen LogP contribution in [0.1, 0.15) is 129 Å². The molecule has 9 aromatic rings. The molecule has 4 nitrogen and oxygen atoms in total. The van der Waals surface area contributed by atoms with Crippen LogP contribution >= 0.6 is 0 Å². The van der Waals surface area contributed by atoms with E-state index >= 15 is 0 Å². The molecule has 0 bridgehead atoms. The molecule has 12 rings (SSSR count). The topological polar surface area (TPSA) is 60.7 Å². The number of rotatable bonds is 15. The summed E-state index contributed by atoms with van der Waals surface area (Å²) in [6, 6.07) is 78.2. The average molecular weight is 1040 g/mol. The van der Waals surface area contributed by atoms with Gasteiger partial charge in [-0.15, -0.1) is 0 Å². The lowest BCUT2D eigenvalue weighted by Gasteiger charge is -2.39. The quantitative estimate of drug-likeness (QED) is 0.0897. The van der Waals surface area contributed by atoms with Crippen molar-refractivity contribution in [3.8, 4) is 33.4 Å². The summed E-state index contributed by atoms with van der Waals surface area (Å²) < 4.78 is 1.42. The predicted molar refractivity (Wildman–Crippen MR) is 321 cm³/mol. The van der Waals surface area contributed by atoms with Crippen LogP contribution in [0.25, 0.3) is 33.4 Å². The number of hydrogen-bond donors (Lipinski definition) is 3. The van der Waals surface area contributed by atoms with E-state index < -0.39 is 16.8 Å². The normalized spacial score (nSPS) is 13.9. The first-order chi connectivity index (χ1) is 37.7. The lowest BCUT2D eigenvalue weighted by molar-refractivity contribution is -0.929. The Morgan fingerprint density at radius 3 is 0.603 bits per heavy atom.